The highest BCUT2D eigenvalue weighted by atomic mass is 16.5. The molecule has 18 heavy (non-hydrogen) atoms. The summed E-state index contributed by atoms with van der Waals surface area (Å²) in [7, 11) is 0. The molecule has 102 valence electrons. The molecule has 3 nitrogen and oxygen atoms in total. The van der Waals surface area contributed by atoms with E-state index in [1.165, 1.54) is 0 Å². The molecule has 1 aromatic rings. The third kappa shape index (κ3) is 3.72. The SMILES string of the molecule is CCOc1ccc(C(O)C(O)C(CC)CC)cc1. The largest absolute Gasteiger partial charge is 0.494 e. The molecule has 2 N–H and O–H groups in total. The first kappa shape index (κ1) is 15.0. The standard InChI is InChI=1S/C15H24O3/c1-4-11(5-2)14(16)15(17)12-7-9-13(10-8-12)18-6-3/h7-11,14-17H,4-6H2,1-3H3. The van der Waals surface area contributed by atoms with Crippen molar-refractivity contribution in [3.8, 4) is 5.75 Å². The van der Waals surface area contributed by atoms with Crippen molar-refractivity contribution in [3.63, 3.8) is 0 Å². The molecule has 0 heterocycles. The van der Waals surface area contributed by atoms with Crippen LogP contribution in [0.25, 0.3) is 0 Å². The van der Waals surface area contributed by atoms with E-state index in [9.17, 15) is 10.2 Å². The normalized spacial score (nSPS) is 14.6. The zero-order chi connectivity index (χ0) is 13.5. The molecule has 1 rings (SSSR count). The van der Waals surface area contributed by atoms with Crippen LogP contribution in [0.1, 0.15) is 45.3 Å². The lowest BCUT2D eigenvalue weighted by Crippen LogP contribution is -2.27. The summed E-state index contributed by atoms with van der Waals surface area (Å²) in [6.45, 7) is 6.61. The van der Waals surface area contributed by atoms with Crippen LogP contribution in [-0.2, 0) is 0 Å². The smallest absolute Gasteiger partial charge is 0.119 e. The Morgan fingerprint density at radius 2 is 1.56 bits per heavy atom. The highest BCUT2D eigenvalue weighted by Crippen LogP contribution is 2.27. The lowest BCUT2D eigenvalue weighted by Gasteiger charge is -2.25. The molecule has 0 bridgehead atoms. The van der Waals surface area contributed by atoms with Crippen molar-refractivity contribution in [1.29, 1.82) is 0 Å². The van der Waals surface area contributed by atoms with Gasteiger partial charge in [0.1, 0.15) is 11.9 Å². The number of aliphatic hydroxyl groups excluding tert-OH is 2. The van der Waals surface area contributed by atoms with Crippen molar-refractivity contribution < 1.29 is 14.9 Å². The van der Waals surface area contributed by atoms with Crippen LogP contribution in [0.5, 0.6) is 5.75 Å². The van der Waals surface area contributed by atoms with Gasteiger partial charge in [-0.15, -0.1) is 0 Å². The van der Waals surface area contributed by atoms with Gasteiger partial charge in [0.15, 0.2) is 0 Å². The molecule has 0 amide bonds. The second kappa shape index (κ2) is 7.39. The number of benzene rings is 1. The first-order valence-electron chi connectivity index (χ1n) is 6.72. The molecule has 0 aromatic heterocycles. The summed E-state index contributed by atoms with van der Waals surface area (Å²) < 4.78 is 5.35. The summed E-state index contributed by atoms with van der Waals surface area (Å²) >= 11 is 0. The third-order valence-corrected chi connectivity index (χ3v) is 3.39. The minimum absolute atomic E-state index is 0.131. The Morgan fingerprint density at radius 1 is 1.00 bits per heavy atom. The van der Waals surface area contributed by atoms with Crippen LogP contribution in [0.4, 0.5) is 0 Å². The van der Waals surface area contributed by atoms with Crippen molar-refractivity contribution in [1.82, 2.24) is 0 Å². The van der Waals surface area contributed by atoms with Crippen LogP contribution in [0.3, 0.4) is 0 Å². The zero-order valence-corrected chi connectivity index (χ0v) is 11.5. The molecule has 3 heteroatoms. The lowest BCUT2D eigenvalue weighted by atomic mass is 9.90. The van der Waals surface area contributed by atoms with E-state index in [2.05, 4.69) is 0 Å². The number of aliphatic hydroxyl groups is 2. The molecule has 0 saturated carbocycles. The fourth-order valence-electron chi connectivity index (χ4n) is 2.15. The van der Waals surface area contributed by atoms with Crippen LogP contribution in [0.15, 0.2) is 24.3 Å². The highest BCUT2D eigenvalue weighted by molar-refractivity contribution is 5.29. The summed E-state index contributed by atoms with van der Waals surface area (Å²) in [4.78, 5) is 0. The van der Waals surface area contributed by atoms with Gasteiger partial charge in [-0.05, 0) is 30.5 Å². The molecular formula is C15H24O3. The average molecular weight is 252 g/mol. The third-order valence-electron chi connectivity index (χ3n) is 3.39. The van der Waals surface area contributed by atoms with Crippen molar-refractivity contribution in [2.75, 3.05) is 6.61 Å². The van der Waals surface area contributed by atoms with Gasteiger partial charge < -0.3 is 14.9 Å². The minimum Gasteiger partial charge on any atom is -0.494 e. The Kier molecular flexibility index (Phi) is 6.16. The van der Waals surface area contributed by atoms with Gasteiger partial charge in [0, 0.05) is 0 Å². The van der Waals surface area contributed by atoms with E-state index in [1.807, 2.05) is 32.9 Å². The molecule has 2 unspecified atom stereocenters. The van der Waals surface area contributed by atoms with E-state index >= 15 is 0 Å². The Labute approximate surface area is 109 Å². The maximum atomic E-state index is 10.2. The number of hydrogen-bond acceptors (Lipinski definition) is 3. The van der Waals surface area contributed by atoms with Crippen molar-refractivity contribution in [2.45, 2.75) is 45.8 Å². The fourth-order valence-corrected chi connectivity index (χ4v) is 2.15. The molecular weight excluding hydrogens is 228 g/mol. The summed E-state index contributed by atoms with van der Waals surface area (Å²) in [6.07, 6.45) is 0.195. The first-order valence-corrected chi connectivity index (χ1v) is 6.72. The number of rotatable bonds is 7. The average Bonchev–Trinajstić information content (AvgIpc) is 2.40. The highest BCUT2D eigenvalue weighted by Gasteiger charge is 2.24. The molecule has 0 radical (unpaired) electrons. The maximum Gasteiger partial charge on any atom is 0.119 e. The number of hydrogen-bond donors (Lipinski definition) is 2. The Bertz CT molecular complexity index is 330. The van der Waals surface area contributed by atoms with Crippen LogP contribution < -0.4 is 4.74 Å². The summed E-state index contributed by atoms with van der Waals surface area (Å²) in [6, 6.07) is 7.26. The second-order valence-electron chi connectivity index (χ2n) is 4.51. The Morgan fingerprint density at radius 3 is 2.00 bits per heavy atom. The molecule has 1 aromatic carbocycles. The fraction of sp³-hybridized carbons (Fsp3) is 0.600. The Balaban J connectivity index is 2.73. The molecule has 0 fully saturated rings. The van der Waals surface area contributed by atoms with Gasteiger partial charge >= 0.3 is 0 Å². The summed E-state index contributed by atoms with van der Waals surface area (Å²) in [5.74, 6) is 0.914. The monoisotopic (exact) mass is 252 g/mol. The first-order chi connectivity index (χ1) is 8.63. The van der Waals surface area contributed by atoms with Crippen molar-refractivity contribution >= 4 is 0 Å². The van der Waals surface area contributed by atoms with Crippen LogP contribution in [0.2, 0.25) is 0 Å². The topological polar surface area (TPSA) is 49.7 Å². The molecule has 2 atom stereocenters. The van der Waals surface area contributed by atoms with Crippen LogP contribution >= 0.6 is 0 Å². The zero-order valence-electron chi connectivity index (χ0n) is 11.5. The van der Waals surface area contributed by atoms with E-state index in [0.717, 1.165) is 24.2 Å². The van der Waals surface area contributed by atoms with E-state index in [4.69, 9.17) is 4.74 Å². The summed E-state index contributed by atoms with van der Waals surface area (Å²) in [5, 5.41) is 20.3. The quantitative estimate of drug-likeness (QED) is 0.784. The molecule has 0 aliphatic heterocycles. The molecule has 0 aliphatic rings. The predicted molar refractivity (Wildman–Crippen MR) is 72.6 cm³/mol. The van der Waals surface area contributed by atoms with Crippen LogP contribution in [0, 0.1) is 5.92 Å². The maximum absolute atomic E-state index is 10.2. The van der Waals surface area contributed by atoms with E-state index in [-0.39, 0.29) is 5.92 Å². The second-order valence-corrected chi connectivity index (χ2v) is 4.51. The molecule has 0 aliphatic carbocycles. The molecule has 0 spiro atoms. The van der Waals surface area contributed by atoms with Gasteiger partial charge in [-0.3, -0.25) is 0 Å². The van der Waals surface area contributed by atoms with E-state index in [0.29, 0.717) is 6.61 Å². The van der Waals surface area contributed by atoms with Gasteiger partial charge in [-0.2, -0.15) is 0 Å². The van der Waals surface area contributed by atoms with Gasteiger partial charge in [0.2, 0.25) is 0 Å². The van der Waals surface area contributed by atoms with E-state index in [1.54, 1.807) is 12.1 Å². The molecule has 0 saturated heterocycles. The van der Waals surface area contributed by atoms with Crippen LogP contribution in [-0.4, -0.2) is 22.9 Å². The minimum atomic E-state index is -0.828. The van der Waals surface area contributed by atoms with Gasteiger partial charge in [-0.25, -0.2) is 0 Å². The summed E-state index contributed by atoms with van der Waals surface area (Å²) in [5.41, 5.74) is 0.734. The van der Waals surface area contributed by atoms with E-state index < -0.39 is 12.2 Å². The lowest BCUT2D eigenvalue weighted by molar-refractivity contribution is -0.0209. The number of ether oxygens (including phenoxy) is 1. The van der Waals surface area contributed by atoms with Gasteiger partial charge in [-0.1, -0.05) is 38.8 Å². The Hall–Kier alpha value is -1.06. The van der Waals surface area contributed by atoms with Crippen molar-refractivity contribution in [3.05, 3.63) is 29.8 Å². The van der Waals surface area contributed by atoms with Crippen molar-refractivity contribution in [2.24, 2.45) is 5.92 Å². The van der Waals surface area contributed by atoms with Gasteiger partial charge in [0.25, 0.3) is 0 Å². The predicted octanol–water partition coefficient (Wildman–Crippen LogP) is 2.92. The van der Waals surface area contributed by atoms with Gasteiger partial charge in [0.05, 0.1) is 12.7 Å².